The number of halogens is 1. The van der Waals surface area contributed by atoms with E-state index in [1.165, 1.54) is 6.07 Å². The van der Waals surface area contributed by atoms with Gasteiger partial charge in [0.2, 0.25) is 0 Å². The first-order valence-corrected chi connectivity index (χ1v) is 9.05. The van der Waals surface area contributed by atoms with Crippen LogP contribution < -0.4 is 5.73 Å². The number of nitrogens with two attached hydrogens (primary N) is 1. The molecule has 0 spiro atoms. The van der Waals surface area contributed by atoms with Crippen LogP contribution in [0.15, 0.2) is 74.2 Å². The summed E-state index contributed by atoms with van der Waals surface area (Å²) in [5.74, 6) is 0. The highest BCUT2D eigenvalue weighted by atomic mass is 79.9. The Morgan fingerprint density at radius 3 is 2.33 bits per heavy atom. The summed E-state index contributed by atoms with van der Waals surface area (Å²) in [5.41, 5.74) is 7.12. The first kappa shape index (κ1) is 16.6. The molecule has 0 aliphatic rings. The van der Waals surface area contributed by atoms with Crippen LogP contribution in [-0.4, -0.2) is 13.0 Å². The van der Waals surface area contributed by atoms with E-state index in [1.807, 2.05) is 6.07 Å². The highest BCUT2D eigenvalue weighted by molar-refractivity contribution is 9.10. The standard InChI is InChI=1S/C16H12BrN3O3S/c17-10-4-3-5-11(8-10)19-20-14-9-15(24(21,22)23)12-6-1-2-7-13(12)16(14)18/h1-9H,18H2,(H,21,22,23)/b20-19+. The van der Waals surface area contributed by atoms with Crippen LogP contribution in [0.3, 0.4) is 0 Å². The van der Waals surface area contributed by atoms with Gasteiger partial charge in [0.1, 0.15) is 10.6 Å². The first-order valence-electron chi connectivity index (χ1n) is 6.82. The Morgan fingerprint density at radius 2 is 1.67 bits per heavy atom. The van der Waals surface area contributed by atoms with Crippen LogP contribution in [0.5, 0.6) is 0 Å². The van der Waals surface area contributed by atoms with Gasteiger partial charge in [-0.2, -0.15) is 13.5 Å². The molecule has 3 aromatic rings. The second-order valence-electron chi connectivity index (χ2n) is 5.01. The van der Waals surface area contributed by atoms with E-state index < -0.39 is 10.1 Å². The molecule has 8 heteroatoms. The van der Waals surface area contributed by atoms with Gasteiger partial charge in [0.25, 0.3) is 10.1 Å². The highest BCUT2D eigenvalue weighted by Gasteiger charge is 2.18. The SMILES string of the molecule is Nc1c(/N=N/c2cccc(Br)c2)cc(S(=O)(=O)O)c2ccccc12. The van der Waals surface area contributed by atoms with Gasteiger partial charge in [0, 0.05) is 15.2 Å². The number of azo groups is 1. The third-order valence-corrected chi connectivity index (χ3v) is 4.77. The van der Waals surface area contributed by atoms with Crippen LogP contribution in [-0.2, 0) is 10.1 Å². The topological polar surface area (TPSA) is 105 Å². The van der Waals surface area contributed by atoms with Gasteiger partial charge < -0.3 is 5.73 Å². The first-order chi connectivity index (χ1) is 11.4. The normalized spacial score (nSPS) is 12.1. The average molecular weight is 406 g/mol. The van der Waals surface area contributed by atoms with Crippen LogP contribution in [0.25, 0.3) is 10.8 Å². The lowest BCUT2D eigenvalue weighted by atomic mass is 10.1. The molecule has 3 N–H and O–H groups in total. The second-order valence-corrected chi connectivity index (χ2v) is 7.31. The molecule has 0 radical (unpaired) electrons. The molecule has 122 valence electrons. The van der Waals surface area contributed by atoms with Crippen molar-refractivity contribution >= 4 is 53.9 Å². The molecular formula is C16H12BrN3O3S. The fourth-order valence-corrected chi connectivity index (χ4v) is 3.40. The van der Waals surface area contributed by atoms with Crippen molar-refractivity contribution in [1.82, 2.24) is 0 Å². The zero-order chi connectivity index (χ0) is 17.3. The van der Waals surface area contributed by atoms with E-state index >= 15 is 0 Å². The van der Waals surface area contributed by atoms with Crippen molar-refractivity contribution < 1.29 is 13.0 Å². The van der Waals surface area contributed by atoms with E-state index in [4.69, 9.17) is 5.73 Å². The van der Waals surface area contributed by atoms with E-state index in [0.29, 0.717) is 16.5 Å². The lowest BCUT2D eigenvalue weighted by Crippen LogP contribution is -2.01. The van der Waals surface area contributed by atoms with Crippen molar-refractivity contribution in [2.45, 2.75) is 4.90 Å². The second kappa shape index (κ2) is 6.31. The maximum Gasteiger partial charge on any atom is 0.295 e. The molecular weight excluding hydrogens is 394 g/mol. The van der Waals surface area contributed by atoms with E-state index in [0.717, 1.165) is 4.47 Å². The molecule has 0 saturated carbocycles. The Hall–Kier alpha value is -2.29. The van der Waals surface area contributed by atoms with Crippen molar-refractivity contribution in [2.75, 3.05) is 5.73 Å². The average Bonchev–Trinajstić information content (AvgIpc) is 2.53. The van der Waals surface area contributed by atoms with Crippen molar-refractivity contribution in [2.24, 2.45) is 10.2 Å². The fraction of sp³-hybridized carbons (Fsp3) is 0. The zero-order valence-corrected chi connectivity index (χ0v) is 14.6. The molecule has 6 nitrogen and oxygen atoms in total. The minimum Gasteiger partial charge on any atom is -0.396 e. The number of rotatable bonds is 3. The van der Waals surface area contributed by atoms with Crippen molar-refractivity contribution in [3.05, 3.63) is 59.1 Å². The molecule has 0 fully saturated rings. The Morgan fingerprint density at radius 1 is 0.958 bits per heavy atom. The quantitative estimate of drug-likeness (QED) is 0.369. The summed E-state index contributed by atoms with van der Waals surface area (Å²) >= 11 is 3.33. The summed E-state index contributed by atoms with van der Waals surface area (Å²) in [7, 11) is -4.42. The molecule has 0 saturated heterocycles. The predicted octanol–water partition coefficient (Wildman–Crippen LogP) is 4.85. The maximum absolute atomic E-state index is 11.7. The van der Waals surface area contributed by atoms with Crippen LogP contribution in [0.2, 0.25) is 0 Å². The minimum atomic E-state index is -4.42. The van der Waals surface area contributed by atoms with Crippen molar-refractivity contribution in [1.29, 1.82) is 0 Å². The van der Waals surface area contributed by atoms with E-state index in [2.05, 4.69) is 26.2 Å². The molecule has 0 amide bonds. The van der Waals surface area contributed by atoms with Crippen LogP contribution in [0.1, 0.15) is 0 Å². The largest absolute Gasteiger partial charge is 0.396 e. The zero-order valence-electron chi connectivity index (χ0n) is 12.2. The lowest BCUT2D eigenvalue weighted by Gasteiger charge is -2.09. The lowest BCUT2D eigenvalue weighted by molar-refractivity contribution is 0.484. The van der Waals surface area contributed by atoms with Crippen LogP contribution in [0, 0.1) is 0 Å². The van der Waals surface area contributed by atoms with Crippen LogP contribution in [0.4, 0.5) is 17.1 Å². The monoisotopic (exact) mass is 405 g/mol. The summed E-state index contributed by atoms with van der Waals surface area (Å²) in [6.45, 7) is 0. The van der Waals surface area contributed by atoms with Crippen LogP contribution >= 0.6 is 15.9 Å². The molecule has 0 heterocycles. The molecule has 3 aromatic carbocycles. The number of anilines is 1. The van der Waals surface area contributed by atoms with Crippen molar-refractivity contribution in [3.63, 3.8) is 0 Å². The maximum atomic E-state index is 11.7. The van der Waals surface area contributed by atoms with Gasteiger partial charge in [-0.3, -0.25) is 4.55 Å². The van der Waals surface area contributed by atoms with Crippen molar-refractivity contribution in [3.8, 4) is 0 Å². The number of fused-ring (bicyclic) bond motifs is 1. The van der Waals surface area contributed by atoms with Gasteiger partial charge in [0.05, 0.1) is 11.4 Å². The smallest absolute Gasteiger partial charge is 0.295 e. The third kappa shape index (κ3) is 3.30. The van der Waals surface area contributed by atoms with Gasteiger partial charge >= 0.3 is 0 Å². The van der Waals surface area contributed by atoms with E-state index in [9.17, 15) is 13.0 Å². The molecule has 0 aromatic heterocycles. The van der Waals surface area contributed by atoms with Gasteiger partial charge in [-0.15, -0.1) is 5.11 Å². The Kier molecular flexibility index (Phi) is 4.35. The molecule has 0 aliphatic carbocycles. The summed E-state index contributed by atoms with van der Waals surface area (Å²) in [5, 5.41) is 8.93. The number of nitrogens with zero attached hydrogens (tertiary/aromatic N) is 2. The molecule has 0 atom stereocenters. The number of hydrogen-bond donors (Lipinski definition) is 2. The third-order valence-electron chi connectivity index (χ3n) is 3.39. The Labute approximate surface area is 146 Å². The summed E-state index contributed by atoms with van der Waals surface area (Å²) in [4.78, 5) is -0.254. The number of benzene rings is 3. The van der Waals surface area contributed by atoms with Gasteiger partial charge in [-0.05, 0) is 24.3 Å². The number of nitrogen functional groups attached to an aromatic ring is 1. The van der Waals surface area contributed by atoms with Gasteiger partial charge in [-0.1, -0.05) is 46.3 Å². The summed E-state index contributed by atoms with van der Waals surface area (Å²) < 4.78 is 33.6. The van der Waals surface area contributed by atoms with E-state index in [-0.39, 0.29) is 16.3 Å². The van der Waals surface area contributed by atoms with E-state index in [1.54, 1.807) is 42.5 Å². The minimum absolute atomic E-state index is 0.168. The Bertz CT molecular complexity index is 1070. The molecule has 0 aliphatic heterocycles. The fourth-order valence-electron chi connectivity index (χ4n) is 2.30. The summed E-state index contributed by atoms with van der Waals surface area (Å²) in [6.07, 6.45) is 0. The Balaban J connectivity index is 2.20. The molecule has 0 bridgehead atoms. The molecule has 0 unspecified atom stereocenters. The molecule has 24 heavy (non-hydrogen) atoms. The highest BCUT2D eigenvalue weighted by Crippen LogP contribution is 2.36. The van der Waals surface area contributed by atoms with Gasteiger partial charge in [-0.25, -0.2) is 0 Å². The van der Waals surface area contributed by atoms with Gasteiger partial charge in [0.15, 0.2) is 0 Å². The summed E-state index contributed by atoms with van der Waals surface area (Å²) in [6, 6.07) is 15.0. The number of hydrogen-bond acceptors (Lipinski definition) is 5. The predicted molar refractivity (Wildman–Crippen MR) is 96.5 cm³/mol. The molecule has 3 rings (SSSR count).